The van der Waals surface area contributed by atoms with Gasteiger partial charge in [-0.1, -0.05) is 56.8 Å². The van der Waals surface area contributed by atoms with Gasteiger partial charge in [0.2, 0.25) is 0 Å². The molecule has 0 aliphatic rings. The molecule has 0 aliphatic carbocycles. The largest absolute Gasteiger partial charge is 0.298 e. The van der Waals surface area contributed by atoms with E-state index >= 15 is 0 Å². The van der Waals surface area contributed by atoms with Gasteiger partial charge in [0.05, 0.1) is 0 Å². The van der Waals surface area contributed by atoms with Gasteiger partial charge in [-0.2, -0.15) is 0 Å². The molecule has 15 heavy (non-hydrogen) atoms. The summed E-state index contributed by atoms with van der Waals surface area (Å²) in [5.74, 6) is 0. The zero-order chi connectivity index (χ0) is 11.5. The Morgan fingerprint density at radius 1 is 1.20 bits per heavy atom. The summed E-state index contributed by atoms with van der Waals surface area (Å²) in [5, 5.41) is 0. The first kappa shape index (κ1) is 13.6. The number of hydrogen-bond acceptors (Lipinski definition) is 1. The van der Waals surface area contributed by atoms with Crippen molar-refractivity contribution in [1.82, 2.24) is 0 Å². The van der Waals surface area contributed by atoms with Gasteiger partial charge in [0, 0.05) is 6.04 Å². The molecule has 0 amide bonds. The Bertz CT molecular complexity index is 260. The number of nitrogens with zero attached hydrogens (tertiary/aromatic N) is 1. The van der Waals surface area contributed by atoms with E-state index in [0.29, 0.717) is 6.04 Å². The van der Waals surface area contributed by atoms with E-state index in [0.717, 1.165) is 12.8 Å². The molecule has 1 aromatic carbocycles. The number of rotatable bonds is 4. The predicted molar refractivity (Wildman–Crippen MR) is 70.5 cm³/mol. The Kier molecular flexibility index (Phi) is 8.36. The van der Waals surface area contributed by atoms with Gasteiger partial charge in [-0.3, -0.25) is 4.99 Å². The van der Waals surface area contributed by atoms with E-state index in [2.05, 4.69) is 32.1 Å². The van der Waals surface area contributed by atoms with E-state index in [1.54, 1.807) is 0 Å². The topological polar surface area (TPSA) is 12.4 Å². The van der Waals surface area contributed by atoms with Crippen LogP contribution in [0.25, 0.3) is 6.08 Å². The van der Waals surface area contributed by atoms with Crippen molar-refractivity contribution in [2.45, 2.75) is 32.7 Å². The zero-order valence-electron chi connectivity index (χ0n) is 9.82. The zero-order valence-corrected chi connectivity index (χ0v) is 9.82. The first-order valence-corrected chi connectivity index (χ1v) is 5.41. The van der Waals surface area contributed by atoms with E-state index in [1.807, 2.05) is 36.4 Å². The third-order valence-electron chi connectivity index (χ3n) is 2.24. The molecule has 1 rings (SSSR count). The Labute approximate surface area is 93.6 Å². The van der Waals surface area contributed by atoms with Crippen LogP contribution in [0.1, 0.15) is 32.3 Å². The minimum atomic E-state index is 0.500. The summed E-state index contributed by atoms with van der Waals surface area (Å²) in [6, 6.07) is 10.5. The first-order chi connectivity index (χ1) is 7.28. The molecule has 0 aliphatic heterocycles. The van der Waals surface area contributed by atoms with Gasteiger partial charge in [-0.15, -0.1) is 0 Å². The maximum absolute atomic E-state index is 3.88. The maximum atomic E-state index is 3.88. The van der Waals surface area contributed by atoms with Gasteiger partial charge in [-0.25, -0.2) is 0 Å². The van der Waals surface area contributed by atoms with E-state index in [-0.39, 0.29) is 0 Å². The molecular weight excluding hydrogens is 182 g/mol. The second kappa shape index (κ2) is 9.20. The van der Waals surface area contributed by atoms with Crippen molar-refractivity contribution in [1.29, 1.82) is 0 Å². The SMILES string of the molecule is C=Cc1ccccc1.C=NC(CC)CC. The van der Waals surface area contributed by atoms with Crippen LogP contribution in [0.2, 0.25) is 0 Å². The molecule has 0 radical (unpaired) electrons. The minimum absolute atomic E-state index is 0.500. The summed E-state index contributed by atoms with van der Waals surface area (Å²) in [6.45, 7) is 11.3. The fourth-order valence-corrected chi connectivity index (χ4v) is 1.14. The van der Waals surface area contributed by atoms with Crippen molar-refractivity contribution in [2.24, 2.45) is 4.99 Å². The lowest BCUT2D eigenvalue weighted by Gasteiger charge is -2.01. The fourth-order valence-electron chi connectivity index (χ4n) is 1.14. The lowest BCUT2D eigenvalue weighted by molar-refractivity contribution is 0.636. The van der Waals surface area contributed by atoms with Crippen molar-refractivity contribution >= 4 is 12.8 Å². The average Bonchev–Trinajstić information content (AvgIpc) is 2.33. The van der Waals surface area contributed by atoms with E-state index in [4.69, 9.17) is 0 Å². The van der Waals surface area contributed by atoms with Crippen molar-refractivity contribution in [3.8, 4) is 0 Å². The molecule has 1 aromatic rings. The summed E-state index contributed by atoms with van der Waals surface area (Å²) in [4.78, 5) is 3.88. The van der Waals surface area contributed by atoms with Crippen LogP contribution in [0.15, 0.2) is 41.9 Å². The summed E-state index contributed by atoms with van der Waals surface area (Å²) < 4.78 is 0. The van der Waals surface area contributed by atoms with Gasteiger partial charge in [0.25, 0.3) is 0 Å². The number of hydrogen-bond donors (Lipinski definition) is 0. The van der Waals surface area contributed by atoms with E-state index in [1.165, 1.54) is 5.56 Å². The molecular formula is C14H21N. The van der Waals surface area contributed by atoms with Crippen molar-refractivity contribution in [3.05, 3.63) is 42.5 Å². The average molecular weight is 203 g/mol. The minimum Gasteiger partial charge on any atom is -0.298 e. The third-order valence-corrected chi connectivity index (χ3v) is 2.24. The van der Waals surface area contributed by atoms with Crippen molar-refractivity contribution < 1.29 is 0 Å². The quantitative estimate of drug-likeness (QED) is 0.650. The highest BCUT2D eigenvalue weighted by molar-refractivity contribution is 5.45. The molecule has 0 atom stereocenters. The predicted octanol–water partition coefficient (Wildman–Crippen LogP) is 4.21. The molecule has 0 saturated heterocycles. The molecule has 0 saturated carbocycles. The van der Waals surface area contributed by atoms with Crippen LogP contribution >= 0.6 is 0 Å². The second-order valence-corrected chi connectivity index (χ2v) is 3.27. The molecule has 0 spiro atoms. The molecule has 1 heteroatoms. The van der Waals surface area contributed by atoms with Gasteiger partial charge < -0.3 is 0 Å². The third kappa shape index (κ3) is 6.67. The van der Waals surface area contributed by atoms with E-state index < -0.39 is 0 Å². The molecule has 0 unspecified atom stereocenters. The number of benzene rings is 1. The molecule has 0 bridgehead atoms. The first-order valence-electron chi connectivity index (χ1n) is 5.41. The Balaban J connectivity index is 0.000000265. The van der Waals surface area contributed by atoms with Gasteiger partial charge in [0.15, 0.2) is 0 Å². The molecule has 0 N–H and O–H groups in total. The summed E-state index contributed by atoms with van der Waals surface area (Å²) in [7, 11) is 0. The normalized spacial score (nSPS) is 9.00. The van der Waals surface area contributed by atoms with Gasteiger partial charge >= 0.3 is 0 Å². The molecule has 0 fully saturated rings. The smallest absolute Gasteiger partial charge is 0.0487 e. The van der Waals surface area contributed by atoms with Crippen LogP contribution in [0.3, 0.4) is 0 Å². The van der Waals surface area contributed by atoms with Crippen LogP contribution in [0.5, 0.6) is 0 Å². The molecule has 0 aromatic heterocycles. The van der Waals surface area contributed by atoms with Crippen LogP contribution in [0, 0.1) is 0 Å². The monoisotopic (exact) mass is 203 g/mol. The molecule has 1 nitrogen and oxygen atoms in total. The van der Waals surface area contributed by atoms with Gasteiger partial charge in [-0.05, 0) is 25.1 Å². The highest BCUT2D eigenvalue weighted by Gasteiger charge is 1.93. The Morgan fingerprint density at radius 2 is 1.73 bits per heavy atom. The Morgan fingerprint density at radius 3 is 1.93 bits per heavy atom. The highest BCUT2D eigenvalue weighted by Crippen LogP contribution is 1.99. The highest BCUT2D eigenvalue weighted by atomic mass is 14.7. The van der Waals surface area contributed by atoms with Crippen LogP contribution in [-0.4, -0.2) is 12.8 Å². The lowest BCUT2D eigenvalue weighted by Crippen LogP contribution is -1.97. The van der Waals surface area contributed by atoms with Crippen LogP contribution in [0.4, 0.5) is 0 Å². The summed E-state index contributed by atoms with van der Waals surface area (Å²) >= 11 is 0. The lowest BCUT2D eigenvalue weighted by atomic mass is 10.2. The fraction of sp³-hybridized carbons (Fsp3) is 0.357. The number of aliphatic imine (C=N–C) groups is 1. The molecule has 82 valence electrons. The second-order valence-electron chi connectivity index (χ2n) is 3.27. The van der Waals surface area contributed by atoms with E-state index in [9.17, 15) is 0 Å². The van der Waals surface area contributed by atoms with Gasteiger partial charge in [0.1, 0.15) is 0 Å². The van der Waals surface area contributed by atoms with Crippen LogP contribution in [-0.2, 0) is 0 Å². The van der Waals surface area contributed by atoms with Crippen molar-refractivity contribution in [3.63, 3.8) is 0 Å². The summed E-state index contributed by atoms with van der Waals surface area (Å²) in [5.41, 5.74) is 1.17. The standard InChI is InChI=1S/C8H8.C6H13N/c1-2-8-6-4-3-5-7-8;1-4-6(5-2)7-3/h2-7H,1H2;6H,3-5H2,1-2H3. The van der Waals surface area contributed by atoms with Crippen LogP contribution < -0.4 is 0 Å². The molecule has 0 heterocycles. The Hall–Kier alpha value is -1.37. The maximum Gasteiger partial charge on any atom is 0.0487 e. The summed E-state index contributed by atoms with van der Waals surface area (Å²) in [6.07, 6.45) is 4.08. The van der Waals surface area contributed by atoms with Crippen molar-refractivity contribution in [2.75, 3.05) is 0 Å².